The van der Waals surface area contributed by atoms with Gasteiger partial charge in [-0.15, -0.1) is 23.5 Å². The predicted molar refractivity (Wildman–Crippen MR) is 165 cm³/mol. The van der Waals surface area contributed by atoms with Crippen molar-refractivity contribution in [3.63, 3.8) is 0 Å². The van der Waals surface area contributed by atoms with Crippen LogP contribution in [0.15, 0.2) is 0 Å². The molecule has 0 unspecified atom stereocenters. The summed E-state index contributed by atoms with van der Waals surface area (Å²) < 4.78 is 0. The van der Waals surface area contributed by atoms with Crippen LogP contribution in [-0.2, 0) is 28.8 Å². The Morgan fingerprint density at radius 1 is 0.595 bits per heavy atom. The molecule has 42 heavy (non-hydrogen) atoms. The zero-order valence-corrected chi connectivity index (χ0v) is 27.5. The average molecular weight is 655 g/mol. The van der Waals surface area contributed by atoms with E-state index >= 15 is 0 Å². The monoisotopic (exact) mass is 654 g/mol. The van der Waals surface area contributed by atoms with Crippen molar-refractivity contribution in [1.29, 1.82) is 0 Å². The molecule has 0 aromatic heterocycles. The number of ketones is 2. The van der Waals surface area contributed by atoms with E-state index in [1.807, 2.05) is 9.80 Å². The lowest BCUT2D eigenvalue weighted by Gasteiger charge is -2.56. The van der Waals surface area contributed by atoms with E-state index in [1.165, 1.54) is 23.5 Å². The highest BCUT2D eigenvalue weighted by atomic mass is 33.1. The number of carbonyl (C=O) groups is 6. The van der Waals surface area contributed by atoms with Crippen molar-refractivity contribution in [1.82, 2.24) is 19.6 Å². The number of piperazine rings is 2. The van der Waals surface area contributed by atoms with Crippen molar-refractivity contribution in [2.24, 2.45) is 0 Å². The number of carbonyl (C=O) groups excluding carboxylic acids is 6. The molecule has 0 radical (unpaired) electrons. The van der Waals surface area contributed by atoms with Gasteiger partial charge in [-0.3, -0.25) is 28.8 Å². The zero-order valence-electron chi connectivity index (χ0n) is 24.2. The lowest BCUT2D eigenvalue weighted by atomic mass is 10.0. The SMILES string of the molecule is CC(=O)CCS[C@]12CCCN1C(=O)[C@@]1(SCCC(C)=O)CCCN1C2=O.O=C1N2CCC[C@@]23SS[C@@]12CCCN2C3=O. The number of fused-ring (bicyclic) bond motifs is 3. The summed E-state index contributed by atoms with van der Waals surface area (Å²) >= 11 is 2.92. The van der Waals surface area contributed by atoms with Gasteiger partial charge < -0.3 is 19.6 Å². The Hall–Kier alpha value is -1.38. The van der Waals surface area contributed by atoms with Crippen LogP contribution in [0.4, 0.5) is 0 Å². The molecule has 0 N–H and O–H groups in total. The molecule has 0 aliphatic carbocycles. The van der Waals surface area contributed by atoms with Crippen LogP contribution in [0.2, 0.25) is 0 Å². The van der Waals surface area contributed by atoms with Crippen LogP contribution >= 0.6 is 45.1 Å². The van der Waals surface area contributed by atoms with Crippen molar-refractivity contribution >= 4 is 80.3 Å². The van der Waals surface area contributed by atoms with Crippen LogP contribution in [-0.4, -0.2) is 112 Å². The molecular formula is C28H38N4O6S4. The van der Waals surface area contributed by atoms with Crippen molar-refractivity contribution < 1.29 is 28.8 Å². The summed E-state index contributed by atoms with van der Waals surface area (Å²) in [5, 5.41) is 0. The second-order valence-corrected chi connectivity index (χ2v) is 17.6. The largest absolute Gasteiger partial charge is 0.317 e. The minimum absolute atomic E-state index is 0.0241. The molecular weight excluding hydrogens is 617 g/mol. The zero-order chi connectivity index (χ0) is 29.9. The van der Waals surface area contributed by atoms with Gasteiger partial charge in [-0.2, -0.15) is 0 Å². The first-order valence-electron chi connectivity index (χ1n) is 15.0. The summed E-state index contributed by atoms with van der Waals surface area (Å²) in [6.45, 7) is 5.84. The summed E-state index contributed by atoms with van der Waals surface area (Å²) in [4.78, 5) is 79.1. The number of rotatable bonds is 8. The lowest BCUT2D eigenvalue weighted by molar-refractivity contribution is -0.161. The Labute approximate surface area is 262 Å². The molecule has 4 amide bonds. The third-order valence-corrected chi connectivity index (χ3v) is 16.3. The van der Waals surface area contributed by atoms with Crippen LogP contribution in [0.3, 0.4) is 0 Å². The number of thioether (sulfide) groups is 2. The van der Waals surface area contributed by atoms with Gasteiger partial charge in [0, 0.05) is 50.5 Å². The van der Waals surface area contributed by atoms with Gasteiger partial charge in [0.2, 0.25) is 0 Å². The molecule has 0 aromatic carbocycles. The summed E-state index contributed by atoms with van der Waals surface area (Å²) in [5.41, 5.74) is 0. The fourth-order valence-corrected chi connectivity index (χ4v) is 14.6. The molecule has 8 heterocycles. The minimum atomic E-state index is -0.832. The molecule has 2 bridgehead atoms. The molecule has 8 aliphatic rings. The lowest BCUT2D eigenvalue weighted by Crippen LogP contribution is -2.73. The number of hydrogen-bond donors (Lipinski definition) is 0. The third-order valence-electron chi connectivity index (χ3n) is 9.56. The number of Topliss-reactive ketones (excluding diaryl/α,β-unsaturated/α-hetero) is 2. The van der Waals surface area contributed by atoms with Gasteiger partial charge in [-0.1, -0.05) is 21.6 Å². The van der Waals surface area contributed by atoms with Crippen LogP contribution in [0.5, 0.6) is 0 Å². The first kappa shape index (κ1) is 30.6. The highest BCUT2D eigenvalue weighted by Gasteiger charge is 2.71. The maximum absolute atomic E-state index is 13.5. The Morgan fingerprint density at radius 3 is 1.33 bits per heavy atom. The summed E-state index contributed by atoms with van der Waals surface area (Å²) in [7, 11) is 3.28. The molecule has 8 rings (SSSR count). The molecule has 2 spiro atoms. The van der Waals surface area contributed by atoms with E-state index in [4.69, 9.17) is 0 Å². The van der Waals surface area contributed by atoms with Gasteiger partial charge in [0.15, 0.2) is 19.5 Å². The predicted octanol–water partition coefficient (Wildman–Crippen LogP) is 3.09. The Morgan fingerprint density at radius 2 is 0.952 bits per heavy atom. The average Bonchev–Trinajstić information content (AvgIpc) is 3.75. The highest BCUT2D eigenvalue weighted by Crippen LogP contribution is 2.65. The number of nitrogens with zero attached hydrogens (tertiary/aromatic N) is 4. The maximum atomic E-state index is 13.5. The third kappa shape index (κ3) is 4.39. The molecule has 14 heteroatoms. The van der Waals surface area contributed by atoms with E-state index in [-0.39, 0.29) is 35.2 Å². The van der Waals surface area contributed by atoms with Crippen molar-refractivity contribution in [3.05, 3.63) is 0 Å². The standard InChI is InChI=1S/C18H26N2O4S2.C10H12N2O2S2/c1-13(21)5-11-25-17-7-3-9-19(17)16(24)18(26-12-6-14(2)22)8-4-10-20(18)15(17)23;13-7-9-3-1-5-11(9)8(14)10(16-15-9)4-2-6-12(7)10/h3-12H2,1-2H3;1-6H2/t17-,18-;9-,10-/m00/s1. The number of amides is 4. The topological polar surface area (TPSA) is 115 Å². The molecule has 0 saturated carbocycles. The van der Waals surface area contributed by atoms with Gasteiger partial charge in [0.1, 0.15) is 11.6 Å². The molecule has 0 aromatic rings. The minimum Gasteiger partial charge on any atom is -0.317 e. The Balaban J connectivity index is 0.000000167. The fourth-order valence-electron chi connectivity index (χ4n) is 7.50. The van der Waals surface area contributed by atoms with Gasteiger partial charge in [-0.05, 0) is 65.2 Å². The number of hydrogen-bond acceptors (Lipinski definition) is 10. The highest BCUT2D eigenvalue weighted by molar-refractivity contribution is 8.78. The molecule has 4 atom stereocenters. The fraction of sp³-hybridized carbons (Fsp3) is 0.786. The van der Waals surface area contributed by atoms with Crippen LogP contribution < -0.4 is 0 Å². The summed E-state index contributed by atoms with van der Waals surface area (Å²) in [6, 6.07) is 0. The second kappa shape index (κ2) is 11.2. The van der Waals surface area contributed by atoms with E-state index in [9.17, 15) is 28.8 Å². The quantitative estimate of drug-likeness (QED) is 0.362. The van der Waals surface area contributed by atoms with Gasteiger partial charge in [-0.25, -0.2) is 0 Å². The van der Waals surface area contributed by atoms with E-state index in [0.29, 0.717) is 50.3 Å². The van der Waals surface area contributed by atoms with Gasteiger partial charge in [0.05, 0.1) is 0 Å². The first-order chi connectivity index (χ1) is 20.0. The van der Waals surface area contributed by atoms with Gasteiger partial charge >= 0.3 is 0 Å². The summed E-state index contributed by atoms with van der Waals surface area (Å²) in [5.74, 6) is 1.77. The van der Waals surface area contributed by atoms with E-state index in [2.05, 4.69) is 0 Å². The van der Waals surface area contributed by atoms with Crippen molar-refractivity contribution in [2.75, 3.05) is 37.7 Å². The summed E-state index contributed by atoms with van der Waals surface area (Å²) in [6.07, 6.45) is 7.38. The van der Waals surface area contributed by atoms with Crippen LogP contribution in [0.1, 0.15) is 78.1 Å². The van der Waals surface area contributed by atoms with Crippen LogP contribution in [0, 0.1) is 0 Å². The van der Waals surface area contributed by atoms with E-state index in [0.717, 1.165) is 51.6 Å². The molecule has 8 fully saturated rings. The molecule has 230 valence electrons. The Kier molecular flexibility index (Phi) is 8.17. The Bertz CT molecular complexity index is 1140. The maximum Gasteiger partial charge on any atom is 0.261 e. The second-order valence-electron chi connectivity index (χ2n) is 12.1. The smallest absolute Gasteiger partial charge is 0.261 e. The van der Waals surface area contributed by atoms with E-state index in [1.54, 1.807) is 45.2 Å². The van der Waals surface area contributed by atoms with Crippen molar-refractivity contribution in [2.45, 2.75) is 97.5 Å². The van der Waals surface area contributed by atoms with E-state index < -0.39 is 19.5 Å². The molecule has 8 saturated heterocycles. The van der Waals surface area contributed by atoms with Crippen molar-refractivity contribution in [3.8, 4) is 0 Å². The molecule has 10 nitrogen and oxygen atoms in total. The van der Waals surface area contributed by atoms with Crippen LogP contribution in [0.25, 0.3) is 0 Å². The molecule has 8 aliphatic heterocycles. The first-order valence-corrected chi connectivity index (χ1v) is 19.1. The normalized spacial score (nSPS) is 36.1. The van der Waals surface area contributed by atoms with Gasteiger partial charge in [0.25, 0.3) is 23.6 Å².